The maximum Gasteiger partial charge on any atom is 0.317 e. The Labute approximate surface area is 79.7 Å². The summed E-state index contributed by atoms with van der Waals surface area (Å²) in [5, 5.41) is 0. The van der Waals surface area contributed by atoms with Crippen molar-refractivity contribution in [3.05, 3.63) is 35.6 Å². The largest absolute Gasteiger partial charge is 0.461 e. The molecule has 1 aromatic carbocycles. The van der Waals surface area contributed by atoms with Crippen molar-refractivity contribution in [2.75, 3.05) is 0 Å². The summed E-state index contributed by atoms with van der Waals surface area (Å²) in [5.74, 6) is 0.288. The highest BCUT2D eigenvalue weighted by molar-refractivity contribution is 5.97. The monoisotopic (exact) mass is 190 g/mol. The molecule has 2 bridgehead atoms. The first kappa shape index (κ1) is 6.98. The lowest BCUT2D eigenvalue weighted by molar-refractivity contribution is -0.139. The minimum atomic E-state index is -0.438. The van der Waals surface area contributed by atoms with Crippen LogP contribution < -0.4 is 0 Å². The Morgan fingerprint density at radius 3 is 2.71 bits per heavy atom. The van der Waals surface area contributed by atoms with Gasteiger partial charge in [0.1, 0.15) is 17.3 Å². The molecule has 14 heavy (non-hydrogen) atoms. The second-order valence-electron chi connectivity index (χ2n) is 4.30. The summed E-state index contributed by atoms with van der Waals surface area (Å²) in [5.41, 5.74) is 0.360. The molecule has 5 rings (SSSR count). The number of carbonyl (C=O) groups is 1. The summed E-state index contributed by atoms with van der Waals surface area (Å²) in [7, 11) is 0. The van der Waals surface area contributed by atoms with Crippen LogP contribution in [0.1, 0.15) is 5.56 Å². The van der Waals surface area contributed by atoms with Gasteiger partial charge in [0.05, 0.1) is 0 Å². The molecule has 3 unspecified atom stereocenters. The van der Waals surface area contributed by atoms with Crippen molar-refractivity contribution >= 4 is 5.97 Å². The molecule has 2 nitrogen and oxygen atoms in total. The summed E-state index contributed by atoms with van der Waals surface area (Å²) in [6, 6.07) is 6.32. The van der Waals surface area contributed by atoms with Crippen molar-refractivity contribution in [3.8, 4) is 0 Å². The molecular weight excluding hydrogens is 183 g/mol. The molecule has 70 valence electrons. The van der Waals surface area contributed by atoms with Gasteiger partial charge in [-0.1, -0.05) is 12.1 Å². The molecule has 0 aromatic heterocycles. The predicted molar refractivity (Wildman–Crippen MR) is 44.9 cm³/mol. The highest BCUT2D eigenvalue weighted by Crippen LogP contribution is 2.83. The van der Waals surface area contributed by atoms with Gasteiger partial charge in [0.15, 0.2) is 0 Å². The van der Waals surface area contributed by atoms with E-state index in [1.807, 2.05) is 6.07 Å². The SMILES string of the molecule is O=C1OC2C3[C@@H]2C13c1cccc(F)c1. The van der Waals surface area contributed by atoms with Gasteiger partial charge in [0.25, 0.3) is 0 Å². The van der Waals surface area contributed by atoms with Crippen LogP contribution in [0.4, 0.5) is 4.39 Å². The molecule has 0 amide bonds. The molecule has 1 aromatic rings. The molecule has 3 heteroatoms. The fourth-order valence-electron chi connectivity index (χ4n) is 3.01. The van der Waals surface area contributed by atoms with Gasteiger partial charge in [-0.2, -0.15) is 0 Å². The van der Waals surface area contributed by atoms with E-state index in [9.17, 15) is 9.18 Å². The van der Waals surface area contributed by atoms with E-state index in [1.54, 1.807) is 6.07 Å². The minimum Gasteiger partial charge on any atom is -0.461 e. The lowest BCUT2D eigenvalue weighted by Gasteiger charge is -2.10. The van der Waals surface area contributed by atoms with Crippen LogP contribution in [0.2, 0.25) is 0 Å². The lowest BCUT2D eigenvalue weighted by Crippen LogP contribution is -2.21. The second-order valence-corrected chi connectivity index (χ2v) is 4.30. The van der Waals surface area contributed by atoms with E-state index in [2.05, 4.69) is 0 Å². The fraction of sp³-hybridized carbons (Fsp3) is 0.364. The van der Waals surface area contributed by atoms with Gasteiger partial charge in [-0.15, -0.1) is 0 Å². The van der Waals surface area contributed by atoms with Crippen LogP contribution in [-0.4, -0.2) is 12.1 Å². The number of benzene rings is 1. The summed E-state index contributed by atoms with van der Waals surface area (Å²) in [6.45, 7) is 0. The topological polar surface area (TPSA) is 26.3 Å². The fourth-order valence-corrected chi connectivity index (χ4v) is 3.01. The lowest BCUT2D eigenvalue weighted by atomic mass is 9.87. The minimum absolute atomic E-state index is 0.150. The first-order valence-electron chi connectivity index (χ1n) is 4.73. The van der Waals surface area contributed by atoms with Gasteiger partial charge in [-0.05, 0) is 17.7 Å². The third-order valence-corrected chi connectivity index (χ3v) is 3.78. The summed E-state index contributed by atoms with van der Waals surface area (Å²) < 4.78 is 18.1. The summed E-state index contributed by atoms with van der Waals surface area (Å²) in [4.78, 5) is 11.5. The smallest absolute Gasteiger partial charge is 0.317 e. The van der Waals surface area contributed by atoms with Crippen LogP contribution in [0, 0.1) is 17.7 Å². The van der Waals surface area contributed by atoms with Gasteiger partial charge < -0.3 is 4.74 Å². The number of fused-ring (bicyclic) bond motifs is 1. The van der Waals surface area contributed by atoms with Gasteiger partial charge >= 0.3 is 5.97 Å². The standard InChI is InChI=1S/C11H7FO2/c12-6-3-1-2-5(4-6)11-7-8(11)9(7)14-10(11)13/h1-4,7-9H/t7-,8?,9?,11?/m0/s1. The van der Waals surface area contributed by atoms with Crippen molar-refractivity contribution in [2.24, 2.45) is 11.8 Å². The zero-order chi connectivity index (χ0) is 9.50. The number of hydrogen-bond acceptors (Lipinski definition) is 2. The number of hydrogen-bond donors (Lipinski definition) is 0. The molecule has 2 saturated heterocycles. The molecule has 4 atom stereocenters. The summed E-state index contributed by atoms with van der Waals surface area (Å²) in [6.07, 6.45) is 0.158. The first-order valence-corrected chi connectivity index (χ1v) is 4.73. The van der Waals surface area contributed by atoms with Crippen LogP contribution >= 0.6 is 0 Å². The Hall–Kier alpha value is -1.38. The van der Waals surface area contributed by atoms with Crippen molar-refractivity contribution in [1.29, 1.82) is 0 Å². The van der Waals surface area contributed by atoms with Crippen LogP contribution in [-0.2, 0) is 14.9 Å². The molecule has 0 radical (unpaired) electrons. The number of esters is 1. The second kappa shape index (κ2) is 1.72. The molecule has 0 spiro atoms. The van der Waals surface area contributed by atoms with Crippen LogP contribution in [0.3, 0.4) is 0 Å². The van der Waals surface area contributed by atoms with E-state index in [-0.39, 0.29) is 17.9 Å². The Balaban J connectivity index is 1.87. The third-order valence-electron chi connectivity index (χ3n) is 3.78. The molecule has 0 N–H and O–H groups in total. The van der Waals surface area contributed by atoms with E-state index in [0.717, 1.165) is 5.56 Å². The van der Waals surface area contributed by atoms with Crippen molar-refractivity contribution in [1.82, 2.24) is 0 Å². The van der Waals surface area contributed by atoms with Crippen molar-refractivity contribution in [2.45, 2.75) is 11.5 Å². The van der Waals surface area contributed by atoms with E-state index >= 15 is 0 Å². The normalized spacial score (nSPS) is 45.8. The Bertz CT molecular complexity index is 458. The Morgan fingerprint density at radius 1 is 1.36 bits per heavy atom. The first-order chi connectivity index (χ1) is 6.76. The average Bonchev–Trinajstić information content (AvgIpc) is 2.97. The molecular formula is C11H7FO2. The number of halogens is 1. The number of carbonyl (C=O) groups excluding carboxylic acids is 1. The molecule has 2 heterocycles. The van der Waals surface area contributed by atoms with E-state index in [0.29, 0.717) is 11.8 Å². The van der Waals surface area contributed by atoms with Gasteiger partial charge in [-0.3, -0.25) is 4.79 Å². The maximum absolute atomic E-state index is 13.0. The van der Waals surface area contributed by atoms with Crippen molar-refractivity contribution in [3.63, 3.8) is 0 Å². The van der Waals surface area contributed by atoms with Crippen LogP contribution in [0.15, 0.2) is 24.3 Å². The highest BCUT2D eigenvalue weighted by atomic mass is 19.1. The van der Waals surface area contributed by atoms with Crippen LogP contribution in [0.25, 0.3) is 0 Å². The van der Waals surface area contributed by atoms with Gasteiger partial charge in [0, 0.05) is 11.8 Å². The molecule has 4 fully saturated rings. The van der Waals surface area contributed by atoms with E-state index < -0.39 is 5.41 Å². The van der Waals surface area contributed by atoms with E-state index in [4.69, 9.17) is 4.74 Å². The van der Waals surface area contributed by atoms with Gasteiger partial charge in [-0.25, -0.2) is 4.39 Å². The predicted octanol–water partition coefficient (Wildman–Crippen LogP) is 1.25. The molecule has 2 saturated carbocycles. The average molecular weight is 190 g/mol. The number of rotatable bonds is 1. The van der Waals surface area contributed by atoms with Crippen molar-refractivity contribution < 1.29 is 13.9 Å². The number of ether oxygens (including phenoxy) is 1. The van der Waals surface area contributed by atoms with Gasteiger partial charge in [0.2, 0.25) is 0 Å². The van der Waals surface area contributed by atoms with E-state index in [1.165, 1.54) is 12.1 Å². The molecule has 2 aliphatic heterocycles. The Kier molecular flexibility index (Phi) is 0.857. The molecule has 2 aliphatic carbocycles. The van der Waals surface area contributed by atoms with Crippen LogP contribution in [0.5, 0.6) is 0 Å². The summed E-state index contributed by atoms with van der Waals surface area (Å²) >= 11 is 0. The Morgan fingerprint density at radius 2 is 2.14 bits per heavy atom. The quantitative estimate of drug-likeness (QED) is 0.623. The molecule has 4 aliphatic rings. The highest BCUT2D eigenvalue weighted by Gasteiger charge is 2.95. The third kappa shape index (κ3) is 0.494. The zero-order valence-corrected chi connectivity index (χ0v) is 7.24. The maximum atomic E-state index is 13.0. The zero-order valence-electron chi connectivity index (χ0n) is 7.24.